The molecule has 4 rings (SSSR count). The second-order valence-electron chi connectivity index (χ2n) is 5.69. The number of nitrogens with zero attached hydrogens (tertiary/aromatic N) is 4. The molecule has 0 aliphatic carbocycles. The van der Waals surface area contributed by atoms with Crippen LogP contribution in [0.25, 0.3) is 5.69 Å². The van der Waals surface area contributed by atoms with Gasteiger partial charge >= 0.3 is 0 Å². The smallest absolute Gasteiger partial charge is 0.226 e. The lowest BCUT2D eigenvalue weighted by Crippen LogP contribution is -2.26. The SMILES string of the molecule is c1cc(Oc2cc(OC3CCOCC3)ncn2)cc(-n2ccnc2)c1. The largest absolute Gasteiger partial charge is 0.474 e. The highest BCUT2D eigenvalue weighted by atomic mass is 16.5. The molecule has 0 bridgehead atoms. The van der Waals surface area contributed by atoms with Gasteiger partial charge in [0.25, 0.3) is 0 Å². The molecule has 7 heteroatoms. The Bertz CT molecular complexity index is 817. The first kappa shape index (κ1) is 15.6. The molecule has 0 N–H and O–H groups in total. The number of aromatic nitrogens is 4. The molecule has 1 saturated heterocycles. The third-order valence-electron chi connectivity index (χ3n) is 3.92. The van der Waals surface area contributed by atoms with Crippen molar-refractivity contribution in [2.24, 2.45) is 0 Å². The first-order chi connectivity index (χ1) is 12.4. The van der Waals surface area contributed by atoms with Gasteiger partial charge in [0.1, 0.15) is 18.2 Å². The number of ether oxygens (including phenoxy) is 3. The molecule has 0 radical (unpaired) electrons. The minimum Gasteiger partial charge on any atom is -0.474 e. The molecule has 0 atom stereocenters. The highest BCUT2D eigenvalue weighted by Gasteiger charge is 2.16. The van der Waals surface area contributed by atoms with Crippen molar-refractivity contribution >= 4 is 0 Å². The molecule has 3 heterocycles. The summed E-state index contributed by atoms with van der Waals surface area (Å²) in [5.41, 5.74) is 0.961. The molecule has 3 aromatic rings. The quantitative estimate of drug-likeness (QED) is 0.712. The molecule has 1 aliphatic heterocycles. The lowest BCUT2D eigenvalue weighted by atomic mass is 10.2. The second kappa shape index (κ2) is 7.31. The van der Waals surface area contributed by atoms with Crippen LogP contribution in [0.4, 0.5) is 0 Å². The highest BCUT2D eigenvalue weighted by Crippen LogP contribution is 2.25. The fourth-order valence-electron chi connectivity index (χ4n) is 2.65. The zero-order valence-electron chi connectivity index (χ0n) is 13.6. The van der Waals surface area contributed by atoms with Gasteiger partial charge in [-0.15, -0.1) is 0 Å². The van der Waals surface area contributed by atoms with Crippen LogP contribution >= 0.6 is 0 Å². The predicted molar refractivity (Wildman–Crippen MR) is 90.1 cm³/mol. The number of rotatable bonds is 5. The van der Waals surface area contributed by atoms with Crippen LogP contribution in [-0.4, -0.2) is 38.8 Å². The molecular formula is C18H18N4O3. The van der Waals surface area contributed by atoms with Crippen molar-refractivity contribution < 1.29 is 14.2 Å². The van der Waals surface area contributed by atoms with Gasteiger partial charge in [-0.3, -0.25) is 0 Å². The Morgan fingerprint density at radius 2 is 1.96 bits per heavy atom. The third kappa shape index (κ3) is 3.95. The summed E-state index contributed by atoms with van der Waals surface area (Å²) in [5.74, 6) is 1.64. The van der Waals surface area contributed by atoms with Crippen LogP contribution in [0.3, 0.4) is 0 Å². The summed E-state index contributed by atoms with van der Waals surface area (Å²) in [6.07, 6.45) is 8.66. The van der Waals surface area contributed by atoms with E-state index in [1.54, 1.807) is 18.6 Å². The zero-order valence-corrected chi connectivity index (χ0v) is 13.6. The minimum absolute atomic E-state index is 0.126. The average Bonchev–Trinajstić information content (AvgIpc) is 3.18. The lowest BCUT2D eigenvalue weighted by Gasteiger charge is -2.22. The van der Waals surface area contributed by atoms with Crippen molar-refractivity contribution in [3.63, 3.8) is 0 Å². The van der Waals surface area contributed by atoms with Crippen LogP contribution in [0.2, 0.25) is 0 Å². The molecule has 7 nitrogen and oxygen atoms in total. The molecule has 0 unspecified atom stereocenters. The number of imidazole rings is 1. The van der Waals surface area contributed by atoms with Gasteiger partial charge in [0.05, 0.1) is 31.3 Å². The molecule has 0 saturated carbocycles. The Labute approximate surface area is 145 Å². The van der Waals surface area contributed by atoms with Crippen molar-refractivity contribution in [3.05, 3.63) is 55.4 Å². The Balaban J connectivity index is 1.47. The summed E-state index contributed by atoms with van der Waals surface area (Å²) in [5, 5.41) is 0. The summed E-state index contributed by atoms with van der Waals surface area (Å²) in [6.45, 7) is 1.44. The predicted octanol–water partition coefficient (Wildman–Crippen LogP) is 3.01. The molecular weight excluding hydrogens is 320 g/mol. The van der Waals surface area contributed by atoms with Crippen LogP contribution < -0.4 is 9.47 Å². The molecule has 0 amide bonds. The van der Waals surface area contributed by atoms with E-state index < -0.39 is 0 Å². The Morgan fingerprint density at radius 1 is 1.08 bits per heavy atom. The van der Waals surface area contributed by atoms with Crippen LogP contribution in [0.1, 0.15) is 12.8 Å². The summed E-state index contributed by atoms with van der Waals surface area (Å²) < 4.78 is 19.0. The number of benzene rings is 1. The first-order valence-electron chi connectivity index (χ1n) is 8.19. The number of hydrogen-bond donors (Lipinski definition) is 0. The van der Waals surface area contributed by atoms with Crippen molar-refractivity contribution in [2.75, 3.05) is 13.2 Å². The highest BCUT2D eigenvalue weighted by molar-refractivity contribution is 5.40. The summed E-state index contributed by atoms with van der Waals surface area (Å²) in [6, 6.07) is 9.41. The summed E-state index contributed by atoms with van der Waals surface area (Å²) in [4.78, 5) is 12.4. The van der Waals surface area contributed by atoms with Gasteiger partial charge in [-0.2, -0.15) is 0 Å². The van der Waals surface area contributed by atoms with Crippen molar-refractivity contribution in [1.29, 1.82) is 0 Å². The van der Waals surface area contributed by atoms with Gasteiger partial charge < -0.3 is 18.8 Å². The van der Waals surface area contributed by atoms with E-state index in [1.807, 2.05) is 35.0 Å². The normalized spacial score (nSPS) is 15.0. The van der Waals surface area contributed by atoms with E-state index in [2.05, 4.69) is 15.0 Å². The maximum atomic E-state index is 5.89. The summed E-state index contributed by atoms with van der Waals surface area (Å²) >= 11 is 0. The zero-order chi connectivity index (χ0) is 16.9. The molecule has 2 aromatic heterocycles. The van der Waals surface area contributed by atoms with Gasteiger partial charge in [-0.1, -0.05) is 6.07 Å². The van der Waals surface area contributed by atoms with E-state index in [4.69, 9.17) is 14.2 Å². The molecule has 1 fully saturated rings. The van der Waals surface area contributed by atoms with E-state index in [1.165, 1.54) is 6.33 Å². The molecule has 1 aromatic carbocycles. The maximum Gasteiger partial charge on any atom is 0.226 e. The van der Waals surface area contributed by atoms with E-state index in [-0.39, 0.29) is 6.10 Å². The molecule has 25 heavy (non-hydrogen) atoms. The maximum absolute atomic E-state index is 5.89. The fourth-order valence-corrected chi connectivity index (χ4v) is 2.65. The molecule has 0 spiro atoms. The minimum atomic E-state index is 0.126. The Morgan fingerprint density at radius 3 is 2.80 bits per heavy atom. The van der Waals surface area contributed by atoms with Gasteiger partial charge in [0, 0.05) is 31.3 Å². The van der Waals surface area contributed by atoms with Gasteiger partial charge in [-0.05, 0) is 12.1 Å². The number of hydrogen-bond acceptors (Lipinski definition) is 6. The lowest BCUT2D eigenvalue weighted by molar-refractivity contribution is 0.0236. The van der Waals surface area contributed by atoms with Crippen molar-refractivity contribution in [3.8, 4) is 23.2 Å². The van der Waals surface area contributed by atoms with E-state index >= 15 is 0 Å². The fraction of sp³-hybridized carbons (Fsp3) is 0.278. The van der Waals surface area contributed by atoms with E-state index in [9.17, 15) is 0 Å². The Hall–Kier alpha value is -2.93. The molecule has 128 valence electrons. The van der Waals surface area contributed by atoms with Gasteiger partial charge in [0.2, 0.25) is 11.8 Å². The topological polar surface area (TPSA) is 71.3 Å². The van der Waals surface area contributed by atoms with E-state index in [0.29, 0.717) is 17.5 Å². The van der Waals surface area contributed by atoms with Crippen LogP contribution in [-0.2, 0) is 4.74 Å². The Kier molecular flexibility index (Phi) is 4.56. The van der Waals surface area contributed by atoms with Crippen molar-refractivity contribution in [1.82, 2.24) is 19.5 Å². The standard InChI is InChI=1S/C18H18N4O3/c1-2-14(22-7-6-19-13-22)10-16(3-1)25-18-11-17(20-12-21-18)24-15-4-8-23-9-5-15/h1-3,6-7,10-13,15H,4-5,8-9H2. The third-order valence-corrected chi connectivity index (χ3v) is 3.92. The monoisotopic (exact) mass is 338 g/mol. The summed E-state index contributed by atoms with van der Waals surface area (Å²) in [7, 11) is 0. The van der Waals surface area contributed by atoms with E-state index in [0.717, 1.165) is 31.7 Å². The van der Waals surface area contributed by atoms with Crippen LogP contribution in [0.15, 0.2) is 55.4 Å². The van der Waals surface area contributed by atoms with Crippen LogP contribution in [0.5, 0.6) is 17.5 Å². The van der Waals surface area contributed by atoms with Gasteiger partial charge in [0.15, 0.2) is 0 Å². The van der Waals surface area contributed by atoms with Crippen molar-refractivity contribution in [2.45, 2.75) is 18.9 Å². The first-order valence-corrected chi connectivity index (χ1v) is 8.19. The van der Waals surface area contributed by atoms with Gasteiger partial charge in [-0.25, -0.2) is 15.0 Å². The van der Waals surface area contributed by atoms with Crippen LogP contribution in [0, 0.1) is 0 Å². The molecule has 1 aliphatic rings. The second-order valence-corrected chi connectivity index (χ2v) is 5.69. The average molecular weight is 338 g/mol.